The van der Waals surface area contributed by atoms with E-state index in [0.29, 0.717) is 12.3 Å². The lowest BCUT2D eigenvalue weighted by molar-refractivity contribution is -0.131. The highest BCUT2D eigenvalue weighted by Gasteiger charge is 2.29. The molecule has 2 heterocycles. The predicted molar refractivity (Wildman–Crippen MR) is 83.7 cm³/mol. The molecular formula is C15H27N5O2. The van der Waals surface area contributed by atoms with Crippen molar-refractivity contribution in [1.82, 2.24) is 9.80 Å². The van der Waals surface area contributed by atoms with Gasteiger partial charge in [0.05, 0.1) is 12.6 Å². The second-order valence-corrected chi connectivity index (χ2v) is 5.66. The van der Waals surface area contributed by atoms with Gasteiger partial charge in [0.25, 0.3) is 0 Å². The molecule has 124 valence electrons. The Balaban J connectivity index is 0.000000541. The van der Waals surface area contributed by atoms with Crippen molar-refractivity contribution >= 4 is 12.2 Å². The summed E-state index contributed by atoms with van der Waals surface area (Å²) in [5, 5.41) is 8.89. The van der Waals surface area contributed by atoms with E-state index in [-0.39, 0.29) is 24.9 Å². The average molecular weight is 309 g/mol. The highest BCUT2D eigenvalue weighted by molar-refractivity contribution is 5.78. The van der Waals surface area contributed by atoms with Gasteiger partial charge < -0.3 is 26.1 Å². The normalized spacial score (nSPS) is 20.7. The van der Waals surface area contributed by atoms with Gasteiger partial charge in [0.2, 0.25) is 5.91 Å². The minimum absolute atomic E-state index is 0.0663. The van der Waals surface area contributed by atoms with E-state index in [1.165, 1.54) is 0 Å². The zero-order valence-corrected chi connectivity index (χ0v) is 13.1. The van der Waals surface area contributed by atoms with Crippen LogP contribution in [0.1, 0.15) is 25.7 Å². The maximum Gasteiger partial charge on any atom is 0.236 e. The van der Waals surface area contributed by atoms with Gasteiger partial charge in [0.1, 0.15) is 6.29 Å². The number of rotatable bonds is 3. The van der Waals surface area contributed by atoms with E-state index in [2.05, 4.69) is 16.7 Å². The second kappa shape index (κ2) is 10.3. The van der Waals surface area contributed by atoms with Crippen LogP contribution in [0.25, 0.3) is 0 Å². The predicted octanol–water partition coefficient (Wildman–Crippen LogP) is -0.684. The largest absolute Gasteiger partial charge is 0.341 e. The van der Waals surface area contributed by atoms with E-state index in [9.17, 15) is 4.79 Å². The summed E-state index contributed by atoms with van der Waals surface area (Å²) in [5.74, 6) is 0.316. The maximum absolute atomic E-state index is 11.5. The molecule has 0 aromatic rings. The molecule has 2 aliphatic rings. The van der Waals surface area contributed by atoms with Crippen molar-refractivity contribution in [2.24, 2.45) is 17.4 Å². The molecule has 1 amide bonds. The van der Waals surface area contributed by atoms with Crippen LogP contribution in [0.15, 0.2) is 0 Å². The highest BCUT2D eigenvalue weighted by atomic mass is 16.2. The number of nitriles is 1. The van der Waals surface area contributed by atoms with E-state index in [1.807, 2.05) is 4.90 Å². The van der Waals surface area contributed by atoms with Crippen LogP contribution < -0.4 is 11.5 Å². The summed E-state index contributed by atoms with van der Waals surface area (Å²) >= 11 is 0. The van der Waals surface area contributed by atoms with Gasteiger partial charge in [-0.2, -0.15) is 5.26 Å². The van der Waals surface area contributed by atoms with Gasteiger partial charge in [-0.1, -0.05) is 0 Å². The number of nitrogens with two attached hydrogens (primary N) is 2. The van der Waals surface area contributed by atoms with Crippen molar-refractivity contribution in [2.75, 3.05) is 39.3 Å². The Morgan fingerprint density at radius 2 is 1.68 bits per heavy atom. The molecule has 0 aliphatic carbocycles. The van der Waals surface area contributed by atoms with Crippen LogP contribution in [0.3, 0.4) is 0 Å². The van der Waals surface area contributed by atoms with Crippen molar-refractivity contribution in [3.8, 4) is 6.07 Å². The Labute approximate surface area is 132 Å². The van der Waals surface area contributed by atoms with Crippen LogP contribution >= 0.6 is 0 Å². The van der Waals surface area contributed by atoms with Crippen LogP contribution in [-0.4, -0.2) is 67.3 Å². The van der Waals surface area contributed by atoms with Crippen LogP contribution in [0, 0.1) is 17.2 Å². The SMILES string of the molecule is N#CC1CCN(C2CCN(C(=O)CN)CC2)CC1.NCC=O. The molecule has 0 unspecified atom stereocenters. The molecule has 0 bridgehead atoms. The lowest BCUT2D eigenvalue weighted by Crippen LogP contribution is -2.49. The van der Waals surface area contributed by atoms with Crippen molar-refractivity contribution in [1.29, 1.82) is 5.26 Å². The summed E-state index contributed by atoms with van der Waals surface area (Å²) in [7, 11) is 0. The van der Waals surface area contributed by atoms with Gasteiger partial charge in [-0.15, -0.1) is 0 Å². The molecule has 7 heteroatoms. The molecule has 2 aliphatic heterocycles. The summed E-state index contributed by atoms with van der Waals surface area (Å²) in [6.07, 6.45) is 4.74. The Hall–Kier alpha value is -1.49. The van der Waals surface area contributed by atoms with Crippen molar-refractivity contribution in [2.45, 2.75) is 31.7 Å². The molecule has 0 saturated carbocycles. The van der Waals surface area contributed by atoms with Gasteiger partial charge in [0.15, 0.2) is 0 Å². The molecule has 2 rings (SSSR count). The Morgan fingerprint density at radius 3 is 2.09 bits per heavy atom. The van der Waals surface area contributed by atoms with Gasteiger partial charge in [0, 0.05) is 31.6 Å². The Bertz CT molecular complexity index is 380. The summed E-state index contributed by atoms with van der Waals surface area (Å²) in [4.78, 5) is 24.9. The molecule has 0 radical (unpaired) electrons. The quantitative estimate of drug-likeness (QED) is 0.667. The van der Waals surface area contributed by atoms with E-state index in [1.54, 1.807) is 0 Å². The number of aldehydes is 1. The molecule has 4 N–H and O–H groups in total. The number of hydrogen-bond acceptors (Lipinski definition) is 6. The molecule has 0 aromatic heterocycles. The first-order chi connectivity index (χ1) is 10.7. The minimum Gasteiger partial charge on any atom is -0.341 e. The number of likely N-dealkylation sites (tertiary alicyclic amines) is 2. The molecule has 2 fully saturated rings. The standard InChI is InChI=1S/C13H22N4O.C2H5NO/c14-9-11-1-5-16(6-2-11)12-3-7-17(8-4-12)13(18)10-15;3-1-2-4/h11-12H,1-8,10,15H2;2H,1,3H2. The fourth-order valence-corrected chi connectivity index (χ4v) is 3.00. The lowest BCUT2D eigenvalue weighted by atomic mass is 9.94. The molecule has 0 spiro atoms. The first-order valence-corrected chi connectivity index (χ1v) is 7.91. The summed E-state index contributed by atoms with van der Waals surface area (Å²) < 4.78 is 0. The fourth-order valence-electron chi connectivity index (χ4n) is 3.00. The first-order valence-electron chi connectivity index (χ1n) is 7.91. The topological polar surface area (TPSA) is 116 Å². The van der Waals surface area contributed by atoms with E-state index >= 15 is 0 Å². The van der Waals surface area contributed by atoms with Crippen LogP contribution in [-0.2, 0) is 9.59 Å². The Morgan fingerprint density at radius 1 is 1.14 bits per heavy atom. The molecular weight excluding hydrogens is 282 g/mol. The summed E-state index contributed by atoms with van der Waals surface area (Å²) in [6.45, 7) is 4.00. The second-order valence-electron chi connectivity index (χ2n) is 5.66. The molecule has 2 saturated heterocycles. The number of carbonyl (C=O) groups is 2. The zero-order valence-electron chi connectivity index (χ0n) is 13.1. The van der Waals surface area contributed by atoms with Gasteiger partial charge >= 0.3 is 0 Å². The van der Waals surface area contributed by atoms with Gasteiger partial charge in [-0.25, -0.2) is 0 Å². The highest BCUT2D eigenvalue weighted by Crippen LogP contribution is 2.23. The van der Waals surface area contributed by atoms with Crippen LogP contribution in [0.4, 0.5) is 0 Å². The molecule has 0 atom stereocenters. The van der Waals surface area contributed by atoms with E-state index in [0.717, 1.165) is 51.9 Å². The third kappa shape index (κ3) is 5.72. The summed E-state index contributed by atoms with van der Waals surface area (Å²) in [5.41, 5.74) is 10.0. The number of nitrogens with zero attached hydrogens (tertiary/aromatic N) is 3. The lowest BCUT2D eigenvalue weighted by Gasteiger charge is -2.40. The summed E-state index contributed by atoms with van der Waals surface area (Å²) in [6, 6.07) is 2.95. The van der Waals surface area contributed by atoms with Crippen LogP contribution in [0.5, 0.6) is 0 Å². The molecule has 22 heavy (non-hydrogen) atoms. The van der Waals surface area contributed by atoms with Crippen molar-refractivity contribution < 1.29 is 9.59 Å². The molecule has 0 aromatic carbocycles. The maximum atomic E-state index is 11.5. The zero-order chi connectivity index (χ0) is 16.4. The number of piperidine rings is 2. The Kier molecular flexibility index (Phi) is 8.67. The van der Waals surface area contributed by atoms with Crippen molar-refractivity contribution in [3.63, 3.8) is 0 Å². The third-order valence-corrected chi connectivity index (χ3v) is 4.32. The average Bonchev–Trinajstić information content (AvgIpc) is 2.61. The number of amides is 1. The third-order valence-electron chi connectivity index (χ3n) is 4.32. The van der Waals surface area contributed by atoms with Crippen LogP contribution in [0.2, 0.25) is 0 Å². The first kappa shape index (κ1) is 18.6. The fraction of sp³-hybridized carbons (Fsp3) is 0.800. The van der Waals surface area contributed by atoms with E-state index < -0.39 is 0 Å². The minimum atomic E-state index is 0.0663. The number of hydrogen-bond donors (Lipinski definition) is 2. The van der Waals surface area contributed by atoms with Gasteiger partial charge in [-0.3, -0.25) is 4.79 Å². The monoisotopic (exact) mass is 309 g/mol. The number of carbonyl (C=O) groups excluding carboxylic acids is 2. The van der Waals surface area contributed by atoms with Gasteiger partial charge in [-0.05, 0) is 38.8 Å². The van der Waals surface area contributed by atoms with Crippen molar-refractivity contribution in [3.05, 3.63) is 0 Å². The van der Waals surface area contributed by atoms with E-state index in [4.69, 9.17) is 15.8 Å². The smallest absolute Gasteiger partial charge is 0.236 e. The molecule has 7 nitrogen and oxygen atoms in total.